The van der Waals surface area contributed by atoms with Crippen molar-refractivity contribution in [1.82, 2.24) is 9.97 Å². The molecule has 0 unspecified atom stereocenters. The predicted molar refractivity (Wildman–Crippen MR) is 133 cm³/mol. The molecular formula is C25H21N3O5S2. The normalized spacial score (nSPS) is 11.1. The van der Waals surface area contributed by atoms with E-state index in [9.17, 15) is 18.0 Å². The van der Waals surface area contributed by atoms with Gasteiger partial charge in [0.2, 0.25) is 15.7 Å². The van der Waals surface area contributed by atoms with Crippen molar-refractivity contribution in [3.63, 3.8) is 0 Å². The molecule has 0 aliphatic carbocycles. The Hall–Kier alpha value is -3.89. The van der Waals surface area contributed by atoms with E-state index >= 15 is 0 Å². The van der Waals surface area contributed by atoms with Crippen LogP contribution in [0.25, 0.3) is 11.4 Å². The summed E-state index contributed by atoms with van der Waals surface area (Å²) in [6.45, 7) is 0. The van der Waals surface area contributed by atoms with Crippen LogP contribution in [0, 0.1) is 0 Å². The summed E-state index contributed by atoms with van der Waals surface area (Å²) in [5.74, 6) is -0.511. The van der Waals surface area contributed by atoms with E-state index in [1.165, 1.54) is 19.2 Å². The summed E-state index contributed by atoms with van der Waals surface area (Å²) in [5, 5.41) is 2.86. The maximum absolute atomic E-state index is 13.3. The molecule has 0 aliphatic heterocycles. The van der Waals surface area contributed by atoms with E-state index in [0.29, 0.717) is 17.1 Å². The number of ether oxygens (including phenoxy) is 1. The highest BCUT2D eigenvalue weighted by molar-refractivity contribution is 8.00. The number of sulfone groups is 1. The minimum atomic E-state index is -3.89. The average molecular weight is 508 g/mol. The highest BCUT2D eigenvalue weighted by Gasteiger charge is 2.26. The van der Waals surface area contributed by atoms with Crippen molar-refractivity contribution in [3.05, 3.63) is 90.5 Å². The molecule has 0 spiro atoms. The lowest BCUT2D eigenvalue weighted by Gasteiger charge is -2.07. The predicted octanol–water partition coefficient (Wildman–Crippen LogP) is 4.43. The minimum absolute atomic E-state index is 0.0669. The van der Waals surface area contributed by atoms with Crippen LogP contribution in [-0.2, 0) is 19.4 Å². The number of nitrogens with one attached hydrogen (secondary N) is 2. The number of imidazole rings is 1. The number of benzene rings is 3. The number of rotatable bonds is 8. The zero-order valence-electron chi connectivity index (χ0n) is 18.6. The van der Waals surface area contributed by atoms with Crippen LogP contribution in [0.4, 0.5) is 5.69 Å². The maximum Gasteiger partial charge on any atom is 0.337 e. The number of hydrogen-bond donors (Lipinski definition) is 2. The van der Waals surface area contributed by atoms with E-state index in [-0.39, 0.29) is 26.6 Å². The fourth-order valence-electron chi connectivity index (χ4n) is 3.21. The number of carbonyl (C=O) groups excluding carboxylic acids is 2. The largest absolute Gasteiger partial charge is 0.465 e. The Bertz CT molecular complexity index is 1440. The molecule has 1 amide bonds. The standard InChI is InChI=1S/C25H21N3O5S2/c1-33-25(30)18-12-14-19(15-13-18)26-21(29)16-34-23-24(35(31,32)20-10-6-3-7-11-20)28-22(27-23)17-8-4-2-5-9-17/h2-15H,16H2,1H3,(H,26,29)(H,27,28). The molecule has 10 heteroatoms. The van der Waals surface area contributed by atoms with Gasteiger partial charge in [-0.25, -0.2) is 18.2 Å². The first-order valence-electron chi connectivity index (χ1n) is 10.4. The molecular weight excluding hydrogens is 486 g/mol. The highest BCUT2D eigenvalue weighted by atomic mass is 32.2. The van der Waals surface area contributed by atoms with Crippen molar-refractivity contribution in [1.29, 1.82) is 0 Å². The first-order valence-corrected chi connectivity index (χ1v) is 12.9. The number of aromatic amines is 1. The molecule has 4 aromatic rings. The second-order valence-corrected chi connectivity index (χ2v) is 10.2. The van der Waals surface area contributed by atoms with Crippen LogP contribution in [0.5, 0.6) is 0 Å². The van der Waals surface area contributed by atoms with Gasteiger partial charge < -0.3 is 15.0 Å². The molecule has 3 aromatic carbocycles. The van der Waals surface area contributed by atoms with E-state index in [2.05, 4.69) is 20.0 Å². The Morgan fingerprint density at radius 1 is 0.943 bits per heavy atom. The van der Waals surface area contributed by atoms with Gasteiger partial charge in [0.15, 0.2) is 5.03 Å². The zero-order chi connectivity index (χ0) is 24.8. The lowest BCUT2D eigenvalue weighted by atomic mass is 10.2. The quantitative estimate of drug-likeness (QED) is 0.268. The van der Waals surface area contributed by atoms with E-state index in [1.807, 2.05) is 30.3 Å². The topological polar surface area (TPSA) is 118 Å². The van der Waals surface area contributed by atoms with Gasteiger partial charge in [0.25, 0.3) is 0 Å². The fourth-order valence-corrected chi connectivity index (χ4v) is 5.65. The molecule has 0 radical (unpaired) electrons. The number of hydrogen-bond acceptors (Lipinski definition) is 7. The lowest BCUT2D eigenvalue weighted by Crippen LogP contribution is -2.14. The van der Waals surface area contributed by atoms with Crippen LogP contribution in [0.15, 0.2) is 99.9 Å². The second kappa shape index (κ2) is 10.6. The molecule has 0 aliphatic rings. The number of carbonyl (C=O) groups is 2. The molecule has 0 fully saturated rings. The Morgan fingerprint density at radius 2 is 1.57 bits per heavy atom. The fraction of sp³-hybridized carbons (Fsp3) is 0.0800. The van der Waals surface area contributed by atoms with Gasteiger partial charge in [-0.2, -0.15) is 0 Å². The average Bonchev–Trinajstić information content (AvgIpc) is 3.34. The van der Waals surface area contributed by atoms with Crippen molar-refractivity contribution in [2.75, 3.05) is 18.2 Å². The van der Waals surface area contributed by atoms with Crippen LogP contribution in [0.3, 0.4) is 0 Å². The molecule has 2 N–H and O–H groups in total. The summed E-state index contributed by atoms with van der Waals surface area (Å²) in [7, 11) is -2.60. The van der Waals surface area contributed by atoms with Gasteiger partial charge >= 0.3 is 5.97 Å². The van der Waals surface area contributed by atoms with Gasteiger partial charge in [0.05, 0.1) is 23.3 Å². The van der Waals surface area contributed by atoms with Crippen LogP contribution >= 0.6 is 11.8 Å². The second-order valence-electron chi connectivity index (χ2n) is 7.31. The molecule has 8 nitrogen and oxygen atoms in total. The summed E-state index contributed by atoms with van der Waals surface area (Å²) < 4.78 is 31.3. The van der Waals surface area contributed by atoms with Gasteiger partial charge in [-0.1, -0.05) is 60.3 Å². The summed E-state index contributed by atoms with van der Waals surface area (Å²) >= 11 is 1.02. The van der Waals surface area contributed by atoms with Crippen molar-refractivity contribution in [3.8, 4) is 11.4 Å². The number of nitrogens with zero attached hydrogens (tertiary/aromatic N) is 1. The van der Waals surface area contributed by atoms with Crippen molar-refractivity contribution < 1.29 is 22.7 Å². The van der Waals surface area contributed by atoms with Gasteiger partial charge in [0.1, 0.15) is 10.9 Å². The number of anilines is 1. The molecule has 0 saturated carbocycles. The number of thioether (sulfide) groups is 1. The van der Waals surface area contributed by atoms with Gasteiger partial charge in [-0.05, 0) is 36.4 Å². The van der Waals surface area contributed by atoms with Crippen LogP contribution in [-0.4, -0.2) is 43.1 Å². The van der Waals surface area contributed by atoms with E-state index in [1.54, 1.807) is 42.5 Å². The van der Waals surface area contributed by atoms with Crippen LogP contribution in [0.2, 0.25) is 0 Å². The number of amides is 1. The highest BCUT2D eigenvalue weighted by Crippen LogP contribution is 2.32. The smallest absolute Gasteiger partial charge is 0.337 e. The number of methoxy groups -OCH3 is 1. The summed E-state index contributed by atoms with van der Waals surface area (Å²) in [6, 6.07) is 23.4. The molecule has 35 heavy (non-hydrogen) atoms. The molecule has 1 heterocycles. The van der Waals surface area contributed by atoms with E-state index in [0.717, 1.165) is 17.3 Å². The third-order valence-electron chi connectivity index (χ3n) is 4.94. The number of H-pyrrole nitrogens is 1. The molecule has 178 valence electrons. The third kappa shape index (κ3) is 5.61. The van der Waals surface area contributed by atoms with Gasteiger partial charge in [0, 0.05) is 11.3 Å². The molecule has 1 aromatic heterocycles. The minimum Gasteiger partial charge on any atom is -0.465 e. The van der Waals surface area contributed by atoms with E-state index in [4.69, 9.17) is 0 Å². The van der Waals surface area contributed by atoms with Crippen molar-refractivity contribution in [2.45, 2.75) is 14.9 Å². The summed E-state index contributed by atoms with van der Waals surface area (Å²) in [5.41, 5.74) is 1.58. The van der Waals surface area contributed by atoms with Crippen LogP contribution in [0.1, 0.15) is 10.4 Å². The van der Waals surface area contributed by atoms with E-state index < -0.39 is 15.8 Å². The van der Waals surface area contributed by atoms with Gasteiger partial charge in [-0.3, -0.25) is 4.79 Å². The molecule has 0 bridgehead atoms. The SMILES string of the molecule is COC(=O)c1ccc(NC(=O)CSc2nc(-c3ccccc3)[nH]c2S(=O)(=O)c2ccccc2)cc1. The Kier molecular flexibility index (Phi) is 7.33. The zero-order valence-corrected chi connectivity index (χ0v) is 20.2. The van der Waals surface area contributed by atoms with Crippen molar-refractivity contribution in [2.24, 2.45) is 0 Å². The monoisotopic (exact) mass is 507 g/mol. The maximum atomic E-state index is 13.3. The Balaban J connectivity index is 1.56. The molecule has 4 rings (SSSR count). The third-order valence-corrected chi connectivity index (χ3v) is 7.77. The van der Waals surface area contributed by atoms with Crippen molar-refractivity contribution >= 4 is 39.2 Å². The van der Waals surface area contributed by atoms with Crippen LogP contribution < -0.4 is 5.32 Å². The summed E-state index contributed by atoms with van der Waals surface area (Å²) in [6.07, 6.45) is 0. The molecule has 0 atom stereocenters. The Labute approximate surface area is 206 Å². The number of esters is 1. The lowest BCUT2D eigenvalue weighted by molar-refractivity contribution is -0.113. The first-order chi connectivity index (χ1) is 16.9. The summed E-state index contributed by atoms with van der Waals surface area (Å²) in [4.78, 5) is 31.7. The first kappa shape index (κ1) is 24.2. The number of aromatic nitrogens is 2. The Morgan fingerprint density at radius 3 is 2.20 bits per heavy atom. The molecule has 0 saturated heterocycles. The van der Waals surface area contributed by atoms with Gasteiger partial charge in [-0.15, -0.1) is 0 Å².